The van der Waals surface area contributed by atoms with Crippen molar-refractivity contribution < 1.29 is 28.6 Å². The Morgan fingerprint density at radius 2 is 2.06 bits per heavy atom. The lowest BCUT2D eigenvalue weighted by Gasteiger charge is -2.39. The number of halogens is 1. The first-order valence-corrected chi connectivity index (χ1v) is 10.8. The van der Waals surface area contributed by atoms with E-state index in [2.05, 4.69) is 4.98 Å². The van der Waals surface area contributed by atoms with E-state index in [0.29, 0.717) is 55.6 Å². The molecule has 1 atom stereocenters. The average molecular weight is 459 g/mol. The van der Waals surface area contributed by atoms with Crippen LogP contribution in [0.25, 0.3) is 0 Å². The molecule has 2 saturated heterocycles. The van der Waals surface area contributed by atoms with Gasteiger partial charge < -0.3 is 19.1 Å². The van der Waals surface area contributed by atoms with E-state index in [4.69, 9.17) is 25.8 Å². The normalized spacial score (nSPS) is 18.1. The van der Waals surface area contributed by atoms with Crippen LogP contribution in [0, 0.1) is 5.92 Å². The number of nitrogens with zero attached hydrogens (tertiary/aromatic N) is 2. The number of hydrogen-bond acceptors (Lipinski definition) is 7. The fourth-order valence-corrected chi connectivity index (χ4v) is 3.97. The van der Waals surface area contributed by atoms with Gasteiger partial charge in [0.15, 0.2) is 0 Å². The second-order valence-corrected chi connectivity index (χ2v) is 8.39. The standard InChI is InChI=1S/C23H23ClN2O6/c1-30-23(29)18-9-17(24)4-5-19(18)32-20-6-3-15(10-25-20)16-11-26(12-16)21(27)7-2-14-8-22(28)31-13-14/h3-6,9-10,14,16H,2,7-8,11-13H2,1H3/t14-/m0/s1. The van der Waals surface area contributed by atoms with Gasteiger partial charge in [-0.25, -0.2) is 9.78 Å². The summed E-state index contributed by atoms with van der Waals surface area (Å²) in [6.45, 7) is 1.71. The van der Waals surface area contributed by atoms with E-state index in [1.54, 1.807) is 24.4 Å². The number of rotatable bonds is 7. The van der Waals surface area contributed by atoms with E-state index in [-0.39, 0.29) is 29.3 Å². The average Bonchev–Trinajstić information content (AvgIpc) is 3.18. The molecule has 2 aliphatic rings. The van der Waals surface area contributed by atoms with Crippen molar-refractivity contribution in [3.05, 3.63) is 52.7 Å². The highest BCUT2D eigenvalue weighted by atomic mass is 35.5. The van der Waals surface area contributed by atoms with Crippen molar-refractivity contribution in [1.29, 1.82) is 0 Å². The van der Waals surface area contributed by atoms with Crippen LogP contribution in [0.5, 0.6) is 11.6 Å². The highest BCUT2D eigenvalue weighted by Crippen LogP contribution is 2.31. The van der Waals surface area contributed by atoms with Crippen molar-refractivity contribution in [3.8, 4) is 11.6 Å². The number of methoxy groups -OCH3 is 1. The lowest BCUT2D eigenvalue weighted by Crippen LogP contribution is -2.48. The summed E-state index contributed by atoms with van der Waals surface area (Å²) < 4.78 is 15.5. The summed E-state index contributed by atoms with van der Waals surface area (Å²) >= 11 is 5.97. The van der Waals surface area contributed by atoms with E-state index in [1.807, 2.05) is 11.0 Å². The van der Waals surface area contributed by atoms with Gasteiger partial charge in [-0.2, -0.15) is 0 Å². The van der Waals surface area contributed by atoms with Crippen LogP contribution in [0.15, 0.2) is 36.5 Å². The molecule has 0 aliphatic carbocycles. The molecular weight excluding hydrogens is 436 g/mol. The zero-order valence-electron chi connectivity index (χ0n) is 17.6. The van der Waals surface area contributed by atoms with Gasteiger partial charge in [-0.15, -0.1) is 0 Å². The minimum atomic E-state index is -0.551. The van der Waals surface area contributed by atoms with Gasteiger partial charge in [0.1, 0.15) is 11.3 Å². The number of carbonyl (C=O) groups is 3. The molecule has 168 valence electrons. The molecule has 0 saturated carbocycles. The highest BCUT2D eigenvalue weighted by molar-refractivity contribution is 6.31. The van der Waals surface area contributed by atoms with Crippen molar-refractivity contribution in [1.82, 2.24) is 9.88 Å². The van der Waals surface area contributed by atoms with E-state index >= 15 is 0 Å². The lowest BCUT2D eigenvalue weighted by molar-refractivity contribution is -0.138. The van der Waals surface area contributed by atoms with Crippen molar-refractivity contribution in [2.24, 2.45) is 5.92 Å². The Kier molecular flexibility index (Phi) is 6.60. The molecule has 0 unspecified atom stereocenters. The summed E-state index contributed by atoms with van der Waals surface area (Å²) in [6.07, 6.45) is 3.24. The van der Waals surface area contributed by atoms with E-state index in [0.717, 1.165) is 5.56 Å². The number of ether oxygens (including phenoxy) is 3. The van der Waals surface area contributed by atoms with Gasteiger partial charge in [-0.3, -0.25) is 9.59 Å². The Hall–Kier alpha value is -3.13. The molecule has 2 fully saturated rings. The summed E-state index contributed by atoms with van der Waals surface area (Å²) in [6, 6.07) is 8.33. The molecule has 2 aromatic rings. The van der Waals surface area contributed by atoms with Crippen LogP contribution in [0.1, 0.15) is 41.1 Å². The quantitative estimate of drug-likeness (QED) is 0.585. The van der Waals surface area contributed by atoms with Crippen LogP contribution in [-0.2, 0) is 19.1 Å². The van der Waals surface area contributed by atoms with Crippen molar-refractivity contribution >= 4 is 29.4 Å². The number of benzene rings is 1. The third-order valence-electron chi connectivity index (χ3n) is 5.73. The monoisotopic (exact) mass is 458 g/mol. The zero-order chi connectivity index (χ0) is 22.7. The van der Waals surface area contributed by atoms with Gasteiger partial charge in [-0.05, 0) is 30.2 Å². The van der Waals surface area contributed by atoms with Gasteiger partial charge in [0.2, 0.25) is 11.8 Å². The molecule has 32 heavy (non-hydrogen) atoms. The molecule has 1 amide bonds. The van der Waals surface area contributed by atoms with E-state index in [9.17, 15) is 14.4 Å². The number of likely N-dealkylation sites (tertiary alicyclic amines) is 1. The molecule has 4 rings (SSSR count). The van der Waals surface area contributed by atoms with Crippen LogP contribution in [0.4, 0.5) is 0 Å². The summed E-state index contributed by atoms with van der Waals surface area (Å²) in [5.74, 6) is 0.387. The molecule has 2 aliphatic heterocycles. The maximum absolute atomic E-state index is 12.4. The van der Waals surface area contributed by atoms with E-state index < -0.39 is 5.97 Å². The predicted molar refractivity (Wildman–Crippen MR) is 115 cm³/mol. The number of esters is 2. The van der Waals surface area contributed by atoms with Gasteiger partial charge >= 0.3 is 11.9 Å². The number of pyridine rings is 1. The second kappa shape index (κ2) is 9.56. The van der Waals surface area contributed by atoms with Gasteiger partial charge in [0.25, 0.3) is 0 Å². The molecule has 1 aromatic carbocycles. The number of aromatic nitrogens is 1. The van der Waals surface area contributed by atoms with Crippen LogP contribution < -0.4 is 4.74 Å². The maximum atomic E-state index is 12.4. The van der Waals surface area contributed by atoms with Gasteiger partial charge in [0, 0.05) is 48.6 Å². The Morgan fingerprint density at radius 3 is 2.72 bits per heavy atom. The van der Waals surface area contributed by atoms with E-state index in [1.165, 1.54) is 13.2 Å². The minimum absolute atomic E-state index is 0.103. The summed E-state index contributed by atoms with van der Waals surface area (Å²) in [5, 5.41) is 0.398. The van der Waals surface area contributed by atoms with Crippen molar-refractivity contribution in [2.45, 2.75) is 25.2 Å². The molecule has 3 heterocycles. The van der Waals surface area contributed by atoms with Crippen LogP contribution in [-0.4, -0.2) is 54.5 Å². The molecule has 0 bridgehead atoms. The van der Waals surface area contributed by atoms with Crippen molar-refractivity contribution in [2.75, 3.05) is 26.8 Å². The van der Waals surface area contributed by atoms with Crippen LogP contribution in [0.3, 0.4) is 0 Å². The Morgan fingerprint density at radius 1 is 1.25 bits per heavy atom. The molecule has 9 heteroatoms. The van der Waals surface area contributed by atoms with Crippen LogP contribution in [0.2, 0.25) is 5.02 Å². The first-order valence-electron chi connectivity index (χ1n) is 10.4. The molecular formula is C23H23ClN2O6. The fraction of sp³-hybridized carbons (Fsp3) is 0.391. The highest BCUT2D eigenvalue weighted by Gasteiger charge is 2.32. The number of hydrogen-bond donors (Lipinski definition) is 0. The maximum Gasteiger partial charge on any atom is 0.341 e. The van der Waals surface area contributed by atoms with Crippen molar-refractivity contribution in [3.63, 3.8) is 0 Å². The summed E-state index contributed by atoms with van der Waals surface area (Å²) in [4.78, 5) is 41.6. The SMILES string of the molecule is COC(=O)c1cc(Cl)ccc1Oc1ccc(C2CN(C(=O)CC[C@@H]3COC(=O)C3)C2)cn1. The Bertz CT molecular complexity index is 1020. The molecule has 0 N–H and O–H groups in total. The fourth-order valence-electron chi connectivity index (χ4n) is 3.80. The Labute approximate surface area is 190 Å². The summed E-state index contributed by atoms with van der Waals surface area (Å²) in [5.41, 5.74) is 1.23. The summed E-state index contributed by atoms with van der Waals surface area (Å²) in [7, 11) is 1.29. The topological polar surface area (TPSA) is 95.0 Å². The van der Waals surface area contributed by atoms with Gasteiger partial charge in [-0.1, -0.05) is 17.7 Å². The molecule has 0 radical (unpaired) electrons. The Balaban J connectivity index is 1.29. The predicted octanol–water partition coefficient (Wildman–Crippen LogP) is 3.58. The first-order chi connectivity index (χ1) is 15.4. The largest absolute Gasteiger partial charge is 0.465 e. The molecule has 0 spiro atoms. The second-order valence-electron chi connectivity index (χ2n) is 7.95. The lowest BCUT2D eigenvalue weighted by atomic mass is 9.92. The number of carbonyl (C=O) groups excluding carboxylic acids is 3. The molecule has 1 aromatic heterocycles. The zero-order valence-corrected chi connectivity index (χ0v) is 18.3. The number of amides is 1. The third-order valence-corrected chi connectivity index (χ3v) is 5.96. The molecule has 8 nitrogen and oxygen atoms in total. The first kappa shape index (κ1) is 22.1. The smallest absolute Gasteiger partial charge is 0.341 e. The third kappa shape index (κ3) is 5.02. The minimum Gasteiger partial charge on any atom is -0.465 e. The van der Waals surface area contributed by atoms with Gasteiger partial charge in [0.05, 0.1) is 20.1 Å². The van der Waals surface area contributed by atoms with Crippen LogP contribution >= 0.6 is 11.6 Å². The number of cyclic esters (lactones) is 1.